The van der Waals surface area contributed by atoms with Gasteiger partial charge in [0.05, 0.1) is 5.56 Å². The number of carboxylic acids is 1. The Morgan fingerprint density at radius 1 is 1.31 bits per heavy atom. The van der Waals surface area contributed by atoms with Gasteiger partial charge in [0.2, 0.25) is 0 Å². The predicted molar refractivity (Wildman–Crippen MR) is 48.8 cm³/mol. The van der Waals surface area contributed by atoms with Crippen molar-refractivity contribution in [1.82, 2.24) is 4.98 Å². The van der Waals surface area contributed by atoms with E-state index in [-0.39, 0.29) is 0 Å². The van der Waals surface area contributed by atoms with Crippen LogP contribution in [-0.4, -0.2) is 16.1 Å². The number of aromatic carboxylic acids is 1. The van der Waals surface area contributed by atoms with Crippen molar-refractivity contribution in [1.29, 1.82) is 0 Å². The first-order valence-electron chi connectivity index (χ1n) is 4.22. The zero-order chi connectivity index (χ0) is 11.7. The highest BCUT2D eigenvalue weighted by molar-refractivity contribution is 5.92. The highest BCUT2D eigenvalue weighted by Crippen LogP contribution is 2.28. The smallest absolute Gasteiger partial charge is 0.358 e. The molecule has 0 fully saturated rings. The molecule has 1 heterocycles. The molecule has 6 heteroatoms. The fourth-order valence-corrected chi connectivity index (χ4v) is 1.29. The first-order chi connectivity index (χ1) is 7.61. The molecule has 1 N–H and O–H groups in total. The van der Waals surface area contributed by atoms with E-state index in [0.29, 0.717) is 0 Å². The highest BCUT2D eigenvalue weighted by Gasteiger charge is 2.22. The van der Waals surface area contributed by atoms with Crippen molar-refractivity contribution in [2.75, 3.05) is 0 Å². The molecule has 0 aliphatic carbocycles. The van der Waals surface area contributed by atoms with Gasteiger partial charge in [-0.25, -0.2) is 18.6 Å². The Morgan fingerprint density at radius 3 is 2.50 bits per heavy atom. The van der Waals surface area contributed by atoms with Crippen molar-refractivity contribution in [2.24, 2.45) is 0 Å². The maximum atomic E-state index is 13.3. The lowest BCUT2D eigenvalue weighted by Crippen LogP contribution is -2.00. The van der Waals surface area contributed by atoms with Crippen molar-refractivity contribution >= 4 is 5.97 Å². The Morgan fingerprint density at radius 2 is 1.94 bits per heavy atom. The number of nitrogens with zero attached hydrogens (tertiary/aromatic N) is 1. The number of carboxylic acid groups (broad SMARTS) is 1. The van der Waals surface area contributed by atoms with Crippen LogP contribution in [0.3, 0.4) is 0 Å². The second-order valence-electron chi connectivity index (χ2n) is 2.93. The first kappa shape index (κ1) is 10.3. The first-order valence-corrected chi connectivity index (χ1v) is 4.22. The van der Waals surface area contributed by atoms with Crippen molar-refractivity contribution < 1.29 is 23.1 Å². The van der Waals surface area contributed by atoms with Crippen LogP contribution < -0.4 is 0 Å². The quantitative estimate of drug-likeness (QED) is 0.851. The molecule has 0 spiro atoms. The molecule has 0 aliphatic heterocycles. The van der Waals surface area contributed by atoms with Crippen molar-refractivity contribution in [3.63, 3.8) is 0 Å². The minimum atomic E-state index is -1.41. The van der Waals surface area contributed by atoms with E-state index in [1.165, 1.54) is 6.07 Å². The van der Waals surface area contributed by atoms with Crippen LogP contribution in [0.2, 0.25) is 0 Å². The second-order valence-corrected chi connectivity index (χ2v) is 2.93. The Kier molecular flexibility index (Phi) is 2.40. The van der Waals surface area contributed by atoms with Crippen molar-refractivity contribution in [3.8, 4) is 11.3 Å². The van der Waals surface area contributed by atoms with Crippen LogP contribution in [0.15, 0.2) is 29.0 Å². The van der Waals surface area contributed by atoms with Crippen molar-refractivity contribution in [3.05, 3.63) is 41.9 Å². The fraction of sp³-hybridized carbons (Fsp3) is 0. The lowest BCUT2D eigenvalue weighted by molar-refractivity contribution is 0.0691. The highest BCUT2D eigenvalue weighted by atomic mass is 19.1. The van der Waals surface area contributed by atoms with E-state index >= 15 is 0 Å². The monoisotopic (exact) mass is 225 g/mol. The largest absolute Gasteiger partial charge is 0.476 e. The maximum absolute atomic E-state index is 13.3. The Balaban J connectivity index is 2.68. The molecule has 0 saturated heterocycles. The molecule has 0 bridgehead atoms. The van der Waals surface area contributed by atoms with Gasteiger partial charge in [0, 0.05) is 0 Å². The minimum Gasteiger partial charge on any atom is -0.476 e. The minimum absolute atomic E-state index is 0.428. The summed E-state index contributed by atoms with van der Waals surface area (Å²) in [6.45, 7) is 0. The number of hydrogen-bond acceptors (Lipinski definition) is 3. The molecule has 0 unspecified atom stereocenters. The summed E-state index contributed by atoms with van der Waals surface area (Å²) < 4.78 is 31.4. The average molecular weight is 225 g/mol. The Labute approximate surface area is 88.2 Å². The average Bonchev–Trinajstić information content (AvgIpc) is 2.66. The van der Waals surface area contributed by atoms with Crippen LogP contribution in [0.25, 0.3) is 11.3 Å². The normalized spacial score (nSPS) is 10.4. The zero-order valence-corrected chi connectivity index (χ0v) is 7.78. The molecule has 0 aliphatic rings. The van der Waals surface area contributed by atoms with Gasteiger partial charge in [-0.3, -0.25) is 0 Å². The lowest BCUT2D eigenvalue weighted by Gasteiger charge is -2.01. The molecule has 4 nitrogen and oxygen atoms in total. The number of benzene rings is 1. The summed E-state index contributed by atoms with van der Waals surface area (Å²) in [5.74, 6) is -3.65. The summed E-state index contributed by atoms with van der Waals surface area (Å²) in [7, 11) is 0. The SMILES string of the molecule is O=C(O)c1ncoc1-c1c(F)cccc1F. The number of aromatic nitrogens is 1. The van der Waals surface area contributed by atoms with Gasteiger partial charge in [-0.05, 0) is 12.1 Å². The molecule has 0 saturated carbocycles. The molecule has 1 aromatic carbocycles. The summed E-state index contributed by atoms with van der Waals surface area (Å²) in [5.41, 5.74) is -1.05. The molecule has 16 heavy (non-hydrogen) atoms. The van der Waals surface area contributed by atoms with E-state index in [2.05, 4.69) is 4.98 Å². The third kappa shape index (κ3) is 1.54. The number of rotatable bonds is 2. The Hall–Kier alpha value is -2.24. The summed E-state index contributed by atoms with van der Waals surface area (Å²) in [6.07, 6.45) is 0.824. The summed E-state index contributed by atoms with van der Waals surface area (Å²) >= 11 is 0. The molecular formula is C10H5F2NO3. The van der Waals surface area contributed by atoms with Gasteiger partial charge in [0.25, 0.3) is 0 Å². The maximum Gasteiger partial charge on any atom is 0.358 e. The third-order valence-electron chi connectivity index (χ3n) is 1.96. The van der Waals surface area contributed by atoms with Gasteiger partial charge in [0.1, 0.15) is 11.6 Å². The Bertz CT molecular complexity index is 530. The lowest BCUT2D eigenvalue weighted by atomic mass is 10.1. The van der Waals surface area contributed by atoms with Crippen LogP contribution in [0, 0.1) is 11.6 Å². The zero-order valence-electron chi connectivity index (χ0n) is 7.78. The van der Waals surface area contributed by atoms with E-state index < -0.39 is 34.6 Å². The van der Waals surface area contributed by atoms with Gasteiger partial charge >= 0.3 is 5.97 Å². The predicted octanol–water partition coefficient (Wildman–Crippen LogP) is 2.32. The molecule has 2 rings (SSSR count). The fourth-order valence-electron chi connectivity index (χ4n) is 1.29. The number of halogens is 2. The van der Waals surface area contributed by atoms with E-state index in [1.807, 2.05) is 0 Å². The third-order valence-corrected chi connectivity index (χ3v) is 1.96. The summed E-state index contributed by atoms with van der Waals surface area (Å²) in [5, 5.41) is 8.73. The summed E-state index contributed by atoms with van der Waals surface area (Å²) in [4.78, 5) is 14.1. The van der Waals surface area contributed by atoms with Crippen LogP contribution in [0.5, 0.6) is 0 Å². The molecule has 2 aromatic rings. The van der Waals surface area contributed by atoms with Crippen LogP contribution in [0.4, 0.5) is 8.78 Å². The van der Waals surface area contributed by atoms with Crippen LogP contribution in [0.1, 0.15) is 10.5 Å². The van der Waals surface area contributed by atoms with E-state index in [4.69, 9.17) is 9.52 Å². The number of hydrogen-bond donors (Lipinski definition) is 1. The van der Waals surface area contributed by atoms with Crippen LogP contribution >= 0.6 is 0 Å². The number of carbonyl (C=O) groups is 1. The van der Waals surface area contributed by atoms with Gasteiger partial charge < -0.3 is 9.52 Å². The number of oxazole rings is 1. The van der Waals surface area contributed by atoms with Crippen LogP contribution in [-0.2, 0) is 0 Å². The molecule has 0 radical (unpaired) electrons. The van der Waals surface area contributed by atoms with Gasteiger partial charge in [0.15, 0.2) is 17.8 Å². The molecule has 0 amide bonds. The van der Waals surface area contributed by atoms with E-state index in [9.17, 15) is 13.6 Å². The second kappa shape index (κ2) is 3.73. The molecular weight excluding hydrogens is 220 g/mol. The van der Waals surface area contributed by atoms with E-state index in [1.54, 1.807) is 0 Å². The van der Waals surface area contributed by atoms with Gasteiger partial charge in [-0.1, -0.05) is 6.07 Å². The topological polar surface area (TPSA) is 63.3 Å². The van der Waals surface area contributed by atoms with E-state index in [0.717, 1.165) is 18.5 Å². The van der Waals surface area contributed by atoms with Gasteiger partial charge in [-0.15, -0.1) is 0 Å². The standard InChI is InChI=1S/C10H5F2NO3/c11-5-2-1-3-6(12)7(5)9-8(10(14)15)13-4-16-9/h1-4H,(H,14,15). The van der Waals surface area contributed by atoms with Gasteiger partial charge in [-0.2, -0.15) is 0 Å². The molecule has 1 aromatic heterocycles. The molecule has 0 atom stereocenters. The van der Waals surface area contributed by atoms with Crippen molar-refractivity contribution in [2.45, 2.75) is 0 Å². The summed E-state index contributed by atoms with van der Waals surface area (Å²) in [6, 6.07) is 3.18. The molecule has 82 valence electrons.